The number of hydrogen-bond acceptors (Lipinski definition) is 6. The van der Waals surface area contributed by atoms with Crippen LogP contribution in [-0.4, -0.2) is 63.0 Å². The fourth-order valence-electron chi connectivity index (χ4n) is 1.77. The first-order chi connectivity index (χ1) is 9.14. The topological polar surface area (TPSA) is 112 Å². The van der Waals surface area contributed by atoms with Gasteiger partial charge in [-0.05, 0) is 6.42 Å². The summed E-state index contributed by atoms with van der Waals surface area (Å²) in [4.78, 5) is 12.0. The third-order valence-electron chi connectivity index (χ3n) is 3.54. The highest BCUT2D eigenvalue weighted by Gasteiger charge is 2.30. The minimum atomic E-state index is -1.01. The van der Waals surface area contributed by atoms with Crippen molar-refractivity contribution in [3.05, 3.63) is 11.9 Å². The normalized spacial score (nSPS) is 16.2. The van der Waals surface area contributed by atoms with Gasteiger partial charge in [-0.3, -0.25) is 4.79 Å². The van der Waals surface area contributed by atoms with Gasteiger partial charge in [0.15, 0.2) is 5.69 Å². The summed E-state index contributed by atoms with van der Waals surface area (Å²) in [5.74, 6) is -0.441. The Balaban J connectivity index is 2.04. The van der Waals surface area contributed by atoms with Crippen molar-refractivity contribution >= 4 is 5.91 Å². The lowest BCUT2D eigenvalue weighted by atomic mass is 9.98. The van der Waals surface area contributed by atoms with Crippen LogP contribution in [0.5, 0.6) is 0 Å². The molecule has 1 fully saturated rings. The van der Waals surface area contributed by atoms with Gasteiger partial charge in [-0.1, -0.05) is 12.1 Å². The first kappa shape index (κ1) is 13.9. The van der Waals surface area contributed by atoms with Crippen LogP contribution in [0.2, 0.25) is 0 Å². The Morgan fingerprint density at radius 3 is 2.74 bits per heavy atom. The molecule has 1 aliphatic rings. The highest BCUT2D eigenvalue weighted by Crippen LogP contribution is 2.12. The number of hydrogen-bond donors (Lipinski definition) is 4. The molecule has 0 bridgehead atoms. The summed E-state index contributed by atoms with van der Waals surface area (Å²) in [7, 11) is 0. The fourth-order valence-corrected chi connectivity index (χ4v) is 1.77. The van der Waals surface area contributed by atoms with Crippen molar-refractivity contribution in [2.24, 2.45) is 0 Å². The van der Waals surface area contributed by atoms with Gasteiger partial charge >= 0.3 is 0 Å². The number of amides is 1. The van der Waals surface area contributed by atoms with E-state index in [4.69, 9.17) is 0 Å². The Labute approximate surface area is 110 Å². The van der Waals surface area contributed by atoms with Crippen LogP contribution in [0, 0.1) is 0 Å². The zero-order chi connectivity index (χ0) is 13.9. The van der Waals surface area contributed by atoms with Gasteiger partial charge in [-0.25, -0.2) is 4.68 Å². The quantitative estimate of drug-likeness (QED) is 0.489. The lowest BCUT2D eigenvalue weighted by Gasteiger charge is -2.29. The van der Waals surface area contributed by atoms with E-state index >= 15 is 0 Å². The second-order valence-electron chi connectivity index (χ2n) is 4.80. The maximum atomic E-state index is 12.0. The Bertz CT molecular complexity index is 431. The van der Waals surface area contributed by atoms with Gasteiger partial charge in [-0.2, -0.15) is 0 Å². The lowest BCUT2D eigenvalue weighted by Crippen LogP contribution is -2.53. The molecule has 8 heteroatoms. The Hall–Kier alpha value is -1.51. The van der Waals surface area contributed by atoms with Gasteiger partial charge in [0.2, 0.25) is 0 Å². The van der Waals surface area contributed by atoms with Gasteiger partial charge in [0, 0.05) is 13.1 Å². The van der Waals surface area contributed by atoms with Crippen LogP contribution in [-0.2, 0) is 0 Å². The predicted molar refractivity (Wildman–Crippen MR) is 66.6 cm³/mol. The molecule has 0 saturated carbocycles. The van der Waals surface area contributed by atoms with E-state index < -0.39 is 11.4 Å². The minimum Gasteiger partial charge on any atom is -0.394 e. The number of carbonyl (C=O) groups excluding carboxylic acids is 1. The third-order valence-corrected chi connectivity index (χ3v) is 3.54. The van der Waals surface area contributed by atoms with E-state index in [1.165, 1.54) is 0 Å². The molecule has 1 aromatic rings. The van der Waals surface area contributed by atoms with Crippen molar-refractivity contribution in [2.75, 3.05) is 26.3 Å². The molecule has 1 aliphatic heterocycles. The highest BCUT2D eigenvalue weighted by molar-refractivity contribution is 5.92. The van der Waals surface area contributed by atoms with Crippen LogP contribution in [0.1, 0.15) is 29.9 Å². The molecule has 0 spiro atoms. The Morgan fingerprint density at radius 2 is 2.26 bits per heavy atom. The molecule has 1 amide bonds. The Morgan fingerprint density at radius 1 is 1.58 bits per heavy atom. The molecule has 8 nitrogen and oxygen atoms in total. The van der Waals surface area contributed by atoms with E-state index in [1.807, 2.05) is 0 Å². The summed E-state index contributed by atoms with van der Waals surface area (Å²) >= 11 is 0. The van der Waals surface area contributed by atoms with E-state index in [0.717, 1.165) is 13.1 Å². The molecular formula is C11H19N5O3. The van der Waals surface area contributed by atoms with Crippen LogP contribution in [0.4, 0.5) is 0 Å². The number of nitrogens with one attached hydrogen (secondary N) is 2. The number of rotatable bonds is 6. The van der Waals surface area contributed by atoms with Gasteiger partial charge in [-0.15, -0.1) is 5.10 Å². The summed E-state index contributed by atoms with van der Waals surface area (Å²) in [5, 5.41) is 32.0. The van der Waals surface area contributed by atoms with Crippen molar-refractivity contribution in [3.8, 4) is 0 Å². The van der Waals surface area contributed by atoms with E-state index in [2.05, 4.69) is 20.9 Å². The number of aromatic nitrogens is 3. The van der Waals surface area contributed by atoms with Gasteiger partial charge < -0.3 is 20.8 Å². The van der Waals surface area contributed by atoms with Crippen molar-refractivity contribution in [2.45, 2.75) is 24.9 Å². The first-order valence-corrected chi connectivity index (χ1v) is 6.31. The molecule has 0 aromatic carbocycles. The van der Waals surface area contributed by atoms with Gasteiger partial charge in [0.25, 0.3) is 5.91 Å². The van der Waals surface area contributed by atoms with E-state index in [1.54, 1.807) is 17.8 Å². The lowest BCUT2D eigenvalue weighted by molar-refractivity contribution is 0.0649. The summed E-state index contributed by atoms with van der Waals surface area (Å²) < 4.78 is 1.65. The van der Waals surface area contributed by atoms with Crippen molar-refractivity contribution in [1.29, 1.82) is 0 Å². The molecule has 2 rings (SSSR count). The smallest absolute Gasteiger partial charge is 0.274 e. The molecular weight excluding hydrogens is 250 g/mol. The largest absolute Gasteiger partial charge is 0.394 e. The minimum absolute atomic E-state index is 0.187. The molecule has 1 saturated heterocycles. The number of nitrogens with zero attached hydrogens (tertiary/aromatic N) is 3. The van der Waals surface area contributed by atoms with Crippen LogP contribution in [0.3, 0.4) is 0 Å². The standard InChI is InChI=1S/C11H19N5O3/c1-2-11(6-17,7-18)13-10(19)9-5-16(15-14-9)8-3-12-4-8/h5,8,12,17-18H,2-4,6-7H2,1H3,(H,13,19). The monoisotopic (exact) mass is 269 g/mol. The Kier molecular flexibility index (Phi) is 4.13. The SMILES string of the molecule is CCC(CO)(CO)NC(=O)c1cn(C2CNC2)nn1. The second kappa shape index (κ2) is 5.64. The number of aliphatic hydroxyl groups excluding tert-OH is 2. The predicted octanol–water partition coefficient (Wildman–Crippen LogP) is -1.71. The highest BCUT2D eigenvalue weighted by atomic mass is 16.3. The van der Waals surface area contributed by atoms with Gasteiger partial charge in [0.1, 0.15) is 0 Å². The molecule has 2 heterocycles. The molecule has 0 atom stereocenters. The zero-order valence-corrected chi connectivity index (χ0v) is 10.8. The van der Waals surface area contributed by atoms with Crippen LogP contribution < -0.4 is 10.6 Å². The molecule has 0 unspecified atom stereocenters. The maximum Gasteiger partial charge on any atom is 0.274 e. The van der Waals surface area contributed by atoms with Crippen molar-refractivity contribution in [3.63, 3.8) is 0 Å². The third kappa shape index (κ3) is 2.75. The molecule has 106 valence electrons. The van der Waals surface area contributed by atoms with Crippen molar-refractivity contribution in [1.82, 2.24) is 25.6 Å². The first-order valence-electron chi connectivity index (χ1n) is 6.31. The maximum absolute atomic E-state index is 12.0. The molecule has 0 aliphatic carbocycles. The molecule has 19 heavy (non-hydrogen) atoms. The second-order valence-corrected chi connectivity index (χ2v) is 4.80. The molecule has 4 N–H and O–H groups in total. The summed E-state index contributed by atoms with van der Waals surface area (Å²) in [6.07, 6.45) is 2.00. The zero-order valence-electron chi connectivity index (χ0n) is 10.8. The van der Waals surface area contributed by atoms with Crippen LogP contribution >= 0.6 is 0 Å². The van der Waals surface area contributed by atoms with E-state index in [0.29, 0.717) is 6.42 Å². The molecule has 0 radical (unpaired) electrons. The fraction of sp³-hybridized carbons (Fsp3) is 0.727. The summed E-state index contributed by atoms with van der Waals surface area (Å²) in [6.45, 7) is 2.76. The van der Waals surface area contributed by atoms with Crippen LogP contribution in [0.15, 0.2) is 6.20 Å². The number of aliphatic hydroxyl groups is 2. The summed E-state index contributed by atoms with van der Waals surface area (Å²) in [5.41, 5.74) is -0.828. The molecule has 1 aromatic heterocycles. The number of carbonyl (C=O) groups is 1. The van der Waals surface area contributed by atoms with Crippen LogP contribution in [0.25, 0.3) is 0 Å². The van der Waals surface area contributed by atoms with Gasteiger partial charge in [0.05, 0.1) is 31.0 Å². The van der Waals surface area contributed by atoms with Crippen molar-refractivity contribution < 1.29 is 15.0 Å². The summed E-state index contributed by atoms with van der Waals surface area (Å²) in [6, 6.07) is 0.237. The average molecular weight is 269 g/mol. The average Bonchev–Trinajstić information content (AvgIpc) is 2.83. The van der Waals surface area contributed by atoms with E-state index in [-0.39, 0.29) is 24.9 Å². The van der Waals surface area contributed by atoms with E-state index in [9.17, 15) is 15.0 Å².